The normalized spacial score (nSPS) is 21.3. The van der Waals surface area contributed by atoms with Gasteiger partial charge in [0, 0.05) is 38.1 Å². The summed E-state index contributed by atoms with van der Waals surface area (Å²) in [6, 6.07) is 15.2. The third-order valence-corrected chi connectivity index (χ3v) is 4.76. The first-order chi connectivity index (χ1) is 11.3. The average molecular weight is 311 g/mol. The van der Waals surface area contributed by atoms with Crippen molar-refractivity contribution >= 4 is 6.09 Å². The largest absolute Gasteiger partial charge is 0.448 e. The lowest BCUT2D eigenvalue weighted by molar-refractivity contribution is 0.141. The van der Waals surface area contributed by atoms with Crippen LogP contribution in [-0.4, -0.2) is 53.2 Å². The van der Waals surface area contributed by atoms with E-state index in [2.05, 4.69) is 58.1 Å². The van der Waals surface area contributed by atoms with Crippen molar-refractivity contribution in [2.75, 3.05) is 32.8 Å². The summed E-state index contributed by atoms with van der Waals surface area (Å²) in [6.45, 7) is 4.80. The number of cyclic esters (lactones) is 1. The van der Waals surface area contributed by atoms with Gasteiger partial charge in [0.05, 0.1) is 12.6 Å². The monoisotopic (exact) mass is 311 g/mol. The van der Waals surface area contributed by atoms with E-state index in [0.717, 1.165) is 26.2 Å². The highest BCUT2D eigenvalue weighted by molar-refractivity contribution is 5.69. The summed E-state index contributed by atoms with van der Waals surface area (Å²) in [4.78, 5) is 15.9. The van der Waals surface area contributed by atoms with Gasteiger partial charge in [-0.15, -0.1) is 0 Å². The molecule has 3 heterocycles. The standard InChI is InChI=1S/C18H21N3O2/c22-18-21(13-14-23-18)12-11-20-10-9-19-8-4-7-16(19)17(20)15-5-2-1-3-6-15/h1-8,17H,9-14H2. The summed E-state index contributed by atoms with van der Waals surface area (Å²) in [5.74, 6) is 0. The summed E-state index contributed by atoms with van der Waals surface area (Å²) in [5, 5.41) is 0. The summed E-state index contributed by atoms with van der Waals surface area (Å²) in [7, 11) is 0. The van der Waals surface area contributed by atoms with Gasteiger partial charge in [0.1, 0.15) is 6.61 Å². The fraction of sp³-hybridized carbons (Fsp3) is 0.389. The number of amides is 1. The van der Waals surface area contributed by atoms with Gasteiger partial charge in [-0.3, -0.25) is 4.90 Å². The first-order valence-corrected chi connectivity index (χ1v) is 8.19. The van der Waals surface area contributed by atoms with Crippen LogP contribution in [-0.2, 0) is 11.3 Å². The number of aromatic nitrogens is 1. The van der Waals surface area contributed by atoms with Crippen molar-refractivity contribution in [1.82, 2.24) is 14.4 Å². The van der Waals surface area contributed by atoms with Crippen molar-refractivity contribution in [3.8, 4) is 0 Å². The van der Waals surface area contributed by atoms with Crippen LogP contribution in [0.2, 0.25) is 0 Å². The molecule has 2 aliphatic rings. The zero-order valence-corrected chi connectivity index (χ0v) is 13.1. The molecule has 1 fully saturated rings. The highest BCUT2D eigenvalue weighted by atomic mass is 16.6. The third kappa shape index (κ3) is 2.72. The van der Waals surface area contributed by atoms with Gasteiger partial charge in [-0.2, -0.15) is 0 Å². The molecule has 2 aliphatic heterocycles. The van der Waals surface area contributed by atoms with Crippen molar-refractivity contribution in [3.05, 3.63) is 59.9 Å². The number of nitrogens with zero attached hydrogens (tertiary/aromatic N) is 3. The number of carbonyl (C=O) groups is 1. The molecule has 0 spiro atoms. The Kier molecular flexibility index (Phi) is 3.79. The summed E-state index contributed by atoms with van der Waals surface area (Å²) in [6.07, 6.45) is 1.97. The lowest BCUT2D eigenvalue weighted by Gasteiger charge is -2.37. The number of fused-ring (bicyclic) bond motifs is 1. The van der Waals surface area contributed by atoms with Gasteiger partial charge in [0.15, 0.2) is 0 Å². The number of carbonyl (C=O) groups excluding carboxylic acids is 1. The van der Waals surface area contributed by atoms with E-state index in [1.165, 1.54) is 11.3 Å². The molecular formula is C18H21N3O2. The summed E-state index contributed by atoms with van der Waals surface area (Å²) >= 11 is 0. The smallest absolute Gasteiger partial charge is 0.409 e. The molecule has 23 heavy (non-hydrogen) atoms. The van der Waals surface area contributed by atoms with Crippen LogP contribution in [0.25, 0.3) is 0 Å². The fourth-order valence-corrected chi connectivity index (χ4v) is 3.57. The number of ether oxygens (including phenoxy) is 1. The average Bonchev–Trinajstić information content (AvgIpc) is 3.21. The molecule has 1 amide bonds. The van der Waals surface area contributed by atoms with E-state index in [-0.39, 0.29) is 12.1 Å². The lowest BCUT2D eigenvalue weighted by atomic mass is 10.00. The van der Waals surface area contributed by atoms with E-state index in [9.17, 15) is 4.79 Å². The van der Waals surface area contributed by atoms with E-state index >= 15 is 0 Å². The van der Waals surface area contributed by atoms with Gasteiger partial charge >= 0.3 is 6.09 Å². The van der Waals surface area contributed by atoms with Gasteiger partial charge in [-0.05, 0) is 17.7 Å². The molecule has 0 radical (unpaired) electrons. The molecule has 0 bridgehead atoms. The minimum absolute atomic E-state index is 0.179. The van der Waals surface area contributed by atoms with E-state index in [1.54, 1.807) is 4.90 Å². The number of benzene rings is 1. The van der Waals surface area contributed by atoms with Crippen LogP contribution < -0.4 is 0 Å². The number of hydrogen-bond donors (Lipinski definition) is 0. The maximum Gasteiger partial charge on any atom is 0.409 e. The molecule has 2 aromatic rings. The molecule has 120 valence electrons. The highest BCUT2D eigenvalue weighted by Gasteiger charge is 2.30. The molecule has 1 atom stereocenters. The zero-order valence-electron chi connectivity index (χ0n) is 13.1. The molecule has 4 rings (SSSR count). The Hall–Kier alpha value is -2.27. The van der Waals surface area contributed by atoms with Crippen LogP contribution in [0.15, 0.2) is 48.7 Å². The van der Waals surface area contributed by atoms with Crippen molar-refractivity contribution in [2.45, 2.75) is 12.6 Å². The number of rotatable bonds is 4. The first kappa shape index (κ1) is 14.3. The van der Waals surface area contributed by atoms with E-state index in [0.29, 0.717) is 13.2 Å². The maximum atomic E-state index is 11.6. The second kappa shape index (κ2) is 6.08. The van der Waals surface area contributed by atoms with E-state index < -0.39 is 0 Å². The zero-order chi connectivity index (χ0) is 15.6. The summed E-state index contributed by atoms with van der Waals surface area (Å²) in [5.41, 5.74) is 2.63. The van der Waals surface area contributed by atoms with Crippen LogP contribution in [0.3, 0.4) is 0 Å². The minimum Gasteiger partial charge on any atom is -0.448 e. The van der Waals surface area contributed by atoms with Gasteiger partial charge < -0.3 is 14.2 Å². The van der Waals surface area contributed by atoms with Crippen LogP contribution in [0.1, 0.15) is 17.3 Å². The molecule has 5 nitrogen and oxygen atoms in total. The first-order valence-electron chi connectivity index (χ1n) is 8.19. The Morgan fingerprint density at radius 2 is 1.87 bits per heavy atom. The maximum absolute atomic E-state index is 11.6. The molecular weight excluding hydrogens is 290 g/mol. The Morgan fingerprint density at radius 3 is 2.65 bits per heavy atom. The van der Waals surface area contributed by atoms with Crippen LogP contribution in [0.4, 0.5) is 4.79 Å². The Balaban J connectivity index is 1.57. The molecule has 0 aliphatic carbocycles. The Morgan fingerprint density at radius 1 is 1.00 bits per heavy atom. The van der Waals surface area contributed by atoms with Crippen LogP contribution in [0, 0.1) is 0 Å². The fourth-order valence-electron chi connectivity index (χ4n) is 3.57. The lowest BCUT2D eigenvalue weighted by Crippen LogP contribution is -2.43. The van der Waals surface area contributed by atoms with Gasteiger partial charge in [0.2, 0.25) is 0 Å². The Labute approximate surface area is 136 Å². The third-order valence-electron chi connectivity index (χ3n) is 4.76. The molecule has 1 aromatic carbocycles. The van der Waals surface area contributed by atoms with Crippen LogP contribution in [0.5, 0.6) is 0 Å². The Bertz CT molecular complexity index is 683. The van der Waals surface area contributed by atoms with Crippen molar-refractivity contribution < 1.29 is 9.53 Å². The topological polar surface area (TPSA) is 37.7 Å². The molecule has 5 heteroatoms. The quantitative estimate of drug-likeness (QED) is 0.870. The molecule has 1 saturated heterocycles. The minimum atomic E-state index is -0.179. The highest BCUT2D eigenvalue weighted by Crippen LogP contribution is 2.32. The van der Waals surface area contributed by atoms with E-state index in [4.69, 9.17) is 4.74 Å². The molecule has 1 unspecified atom stereocenters. The van der Waals surface area contributed by atoms with E-state index in [1.807, 2.05) is 0 Å². The predicted molar refractivity (Wildman–Crippen MR) is 87.2 cm³/mol. The number of hydrogen-bond acceptors (Lipinski definition) is 3. The van der Waals surface area contributed by atoms with Crippen molar-refractivity contribution in [3.63, 3.8) is 0 Å². The summed E-state index contributed by atoms with van der Waals surface area (Å²) < 4.78 is 7.36. The molecule has 1 aromatic heterocycles. The SMILES string of the molecule is O=C1OCCN1CCN1CCn2cccc2C1c1ccccc1. The molecule has 0 saturated carbocycles. The van der Waals surface area contributed by atoms with Gasteiger partial charge in [-0.25, -0.2) is 4.79 Å². The van der Waals surface area contributed by atoms with Crippen molar-refractivity contribution in [1.29, 1.82) is 0 Å². The van der Waals surface area contributed by atoms with Gasteiger partial charge in [-0.1, -0.05) is 30.3 Å². The van der Waals surface area contributed by atoms with Crippen LogP contribution >= 0.6 is 0 Å². The second-order valence-electron chi connectivity index (χ2n) is 6.08. The molecule has 0 N–H and O–H groups in total. The second-order valence-corrected chi connectivity index (χ2v) is 6.08. The van der Waals surface area contributed by atoms with Gasteiger partial charge in [0.25, 0.3) is 0 Å². The predicted octanol–water partition coefficient (Wildman–Crippen LogP) is 2.35. The van der Waals surface area contributed by atoms with Crippen molar-refractivity contribution in [2.24, 2.45) is 0 Å².